The maximum Gasteiger partial charge on any atom is 0.257 e. The maximum atomic E-state index is 12.7. The summed E-state index contributed by atoms with van der Waals surface area (Å²) in [5.41, 5.74) is 2.72. The molecule has 2 aromatic carbocycles. The fourth-order valence-electron chi connectivity index (χ4n) is 2.54. The van der Waals surface area contributed by atoms with Crippen LogP contribution in [0.2, 0.25) is 0 Å². The minimum atomic E-state index is -0.157. The number of methoxy groups -OCH3 is 1. The van der Waals surface area contributed by atoms with E-state index in [-0.39, 0.29) is 5.91 Å². The van der Waals surface area contributed by atoms with Crippen molar-refractivity contribution in [2.75, 3.05) is 12.4 Å². The van der Waals surface area contributed by atoms with Crippen LogP contribution in [0.1, 0.15) is 21.5 Å². The lowest BCUT2D eigenvalue weighted by Crippen LogP contribution is -2.17. The van der Waals surface area contributed by atoms with E-state index in [9.17, 15) is 4.79 Å². The van der Waals surface area contributed by atoms with E-state index in [1.165, 1.54) is 0 Å². The van der Waals surface area contributed by atoms with Gasteiger partial charge in [-0.05, 0) is 80.8 Å². The van der Waals surface area contributed by atoms with Crippen LogP contribution in [0.25, 0.3) is 0 Å². The molecule has 1 amide bonds. The third-order valence-electron chi connectivity index (χ3n) is 3.87. The normalized spacial score (nSPS) is 10.6. The van der Waals surface area contributed by atoms with Crippen LogP contribution in [0, 0.1) is 10.5 Å². The number of nitrogens with zero attached hydrogens (tertiary/aromatic N) is 2. The number of halogens is 2. The first kappa shape index (κ1) is 18.9. The zero-order valence-corrected chi connectivity index (χ0v) is 18.0. The molecule has 0 aliphatic heterocycles. The first-order valence-electron chi connectivity index (χ1n) is 7.89. The first-order valence-corrected chi connectivity index (χ1v) is 9.77. The van der Waals surface area contributed by atoms with Gasteiger partial charge >= 0.3 is 0 Å². The molecule has 0 bridgehead atoms. The summed E-state index contributed by atoms with van der Waals surface area (Å²) in [6.07, 6.45) is 1.68. The summed E-state index contributed by atoms with van der Waals surface area (Å²) in [4.78, 5) is 12.7. The Balaban J connectivity index is 1.79. The predicted molar refractivity (Wildman–Crippen MR) is 114 cm³/mol. The average molecular weight is 526 g/mol. The number of amides is 1. The summed E-state index contributed by atoms with van der Waals surface area (Å²) < 4.78 is 8.73. The van der Waals surface area contributed by atoms with Crippen molar-refractivity contribution in [1.82, 2.24) is 9.78 Å². The molecule has 0 atom stereocenters. The van der Waals surface area contributed by atoms with Crippen LogP contribution < -0.4 is 10.1 Å². The van der Waals surface area contributed by atoms with Crippen LogP contribution in [0.5, 0.6) is 5.75 Å². The minimum Gasteiger partial charge on any atom is -0.497 e. The van der Waals surface area contributed by atoms with Crippen molar-refractivity contribution in [3.05, 3.63) is 73.4 Å². The smallest absolute Gasteiger partial charge is 0.257 e. The molecular formula is C19H17BrIN3O2. The molecule has 0 unspecified atom stereocenters. The second kappa shape index (κ2) is 8.22. The van der Waals surface area contributed by atoms with Gasteiger partial charge in [0.25, 0.3) is 5.91 Å². The number of ether oxygens (including phenoxy) is 1. The molecular weight excluding hydrogens is 509 g/mol. The number of aryl methyl sites for hydroxylation is 1. The first-order chi connectivity index (χ1) is 12.5. The fraction of sp³-hybridized carbons (Fsp3) is 0.158. The SMILES string of the molecule is COc1ccc(Cn2nccc2NC(=O)c2cc(C)cc(Br)c2I)cc1. The zero-order chi connectivity index (χ0) is 18.7. The maximum absolute atomic E-state index is 12.7. The van der Waals surface area contributed by atoms with Crippen LogP contribution in [-0.4, -0.2) is 22.8 Å². The van der Waals surface area contributed by atoms with Crippen LogP contribution in [0.15, 0.2) is 53.1 Å². The van der Waals surface area contributed by atoms with Gasteiger partial charge in [0.2, 0.25) is 0 Å². The molecule has 1 heterocycles. The van der Waals surface area contributed by atoms with Crippen molar-refractivity contribution in [1.29, 1.82) is 0 Å². The van der Waals surface area contributed by atoms with Crippen molar-refractivity contribution < 1.29 is 9.53 Å². The van der Waals surface area contributed by atoms with E-state index < -0.39 is 0 Å². The van der Waals surface area contributed by atoms with E-state index in [2.05, 4.69) is 48.9 Å². The third-order valence-corrected chi connectivity index (χ3v) is 6.40. The number of anilines is 1. The van der Waals surface area contributed by atoms with Gasteiger partial charge in [0, 0.05) is 14.1 Å². The van der Waals surface area contributed by atoms with Gasteiger partial charge in [-0.3, -0.25) is 4.79 Å². The Hall–Kier alpha value is -1.87. The van der Waals surface area contributed by atoms with Gasteiger partial charge in [-0.15, -0.1) is 0 Å². The molecule has 0 aliphatic carbocycles. The van der Waals surface area contributed by atoms with Gasteiger partial charge in [0.15, 0.2) is 0 Å². The quantitative estimate of drug-likeness (QED) is 0.484. The highest BCUT2D eigenvalue weighted by atomic mass is 127. The van der Waals surface area contributed by atoms with E-state index in [0.29, 0.717) is 17.9 Å². The second-order valence-corrected chi connectivity index (χ2v) is 7.72. The van der Waals surface area contributed by atoms with E-state index in [4.69, 9.17) is 4.74 Å². The molecule has 3 aromatic rings. The van der Waals surface area contributed by atoms with Gasteiger partial charge < -0.3 is 10.1 Å². The summed E-state index contributed by atoms with van der Waals surface area (Å²) >= 11 is 5.67. The Morgan fingerprint density at radius 2 is 2.00 bits per heavy atom. The molecule has 0 radical (unpaired) electrons. The second-order valence-electron chi connectivity index (χ2n) is 5.78. The Labute approximate surface area is 174 Å². The minimum absolute atomic E-state index is 0.157. The summed E-state index contributed by atoms with van der Waals surface area (Å²) in [6, 6.07) is 13.4. The largest absolute Gasteiger partial charge is 0.497 e. The van der Waals surface area contributed by atoms with Crippen molar-refractivity contribution >= 4 is 50.2 Å². The molecule has 0 aliphatic rings. The number of carbonyl (C=O) groups excluding carboxylic acids is 1. The van der Waals surface area contributed by atoms with Crippen LogP contribution in [-0.2, 0) is 6.54 Å². The van der Waals surface area contributed by atoms with Crippen molar-refractivity contribution in [3.63, 3.8) is 0 Å². The van der Waals surface area contributed by atoms with Gasteiger partial charge in [0.05, 0.1) is 25.4 Å². The highest BCUT2D eigenvalue weighted by molar-refractivity contribution is 14.1. The van der Waals surface area contributed by atoms with Crippen LogP contribution in [0.4, 0.5) is 5.82 Å². The van der Waals surface area contributed by atoms with E-state index in [0.717, 1.165) is 24.9 Å². The lowest BCUT2D eigenvalue weighted by molar-refractivity contribution is 0.102. The molecule has 5 nitrogen and oxygen atoms in total. The van der Waals surface area contributed by atoms with Crippen molar-refractivity contribution in [2.45, 2.75) is 13.5 Å². The molecule has 1 aromatic heterocycles. The van der Waals surface area contributed by atoms with Crippen LogP contribution >= 0.6 is 38.5 Å². The summed E-state index contributed by atoms with van der Waals surface area (Å²) in [6.45, 7) is 2.52. The van der Waals surface area contributed by atoms with Gasteiger partial charge in [-0.25, -0.2) is 4.68 Å². The third kappa shape index (κ3) is 4.27. The van der Waals surface area contributed by atoms with Gasteiger partial charge in [-0.2, -0.15) is 5.10 Å². The number of benzene rings is 2. The van der Waals surface area contributed by atoms with Crippen molar-refractivity contribution in [2.24, 2.45) is 0 Å². The summed E-state index contributed by atoms with van der Waals surface area (Å²) in [5, 5.41) is 7.27. The molecule has 0 spiro atoms. The number of nitrogens with one attached hydrogen (secondary N) is 1. The zero-order valence-electron chi connectivity index (χ0n) is 14.3. The molecule has 0 saturated carbocycles. The Kier molecular flexibility index (Phi) is 5.98. The van der Waals surface area contributed by atoms with E-state index in [1.807, 2.05) is 43.3 Å². The predicted octanol–water partition coefficient (Wildman–Crippen LogP) is 4.87. The monoisotopic (exact) mass is 525 g/mol. The molecule has 0 saturated heterocycles. The Bertz CT molecular complexity index is 938. The average Bonchev–Trinajstić information content (AvgIpc) is 3.05. The molecule has 1 N–H and O–H groups in total. The number of hydrogen-bond acceptors (Lipinski definition) is 3. The number of hydrogen-bond donors (Lipinski definition) is 1. The molecule has 3 rings (SSSR count). The van der Waals surface area contributed by atoms with Gasteiger partial charge in [0.1, 0.15) is 11.6 Å². The lowest BCUT2D eigenvalue weighted by Gasteiger charge is -2.12. The highest BCUT2D eigenvalue weighted by Gasteiger charge is 2.15. The van der Waals surface area contributed by atoms with Gasteiger partial charge in [-0.1, -0.05) is 12.1 Å². The summed E-state index contributed by atoms with van der Waals surface area (Å²) in [7, 11) is 1.64. The number of rotatable bonds is 5. The fourth-order valence-corrected chi connectivity index (χ4v) is 3.67. The molecule has 26 heavy (non-hydrogen) atoms. The lowest BCUT2D eigenvalue weighted by atomic mass is 10.1. The molecule has 134 valence electrons. The van der Waals surface area contributed by atoms with Crippen molar-refractivity contribution in [3.8, 4) is 5.75 Å². The number of carbonyl (C=O) groups is 1. The van der Waals surface area contributed by atoms with E-state index >= 15 is 0 Å². The molecule has 7 heteroatoms. The standard InChI is InChI=1S/C19H17BrIN3O2/c1-12-9-15(18(21)16(20)10-12)19(25)23-17-7-8-22-24(17)11-13-3-5-14(26-2)6-4-13/h3-10H,11H2,1-2H3,(H,23,25). The summed E-state index contributed by atoms with van der Waals surface area (Å²) in [5.74, 6) is 1.30. The van der Waals surface area contributed by atoms with Crippen LogP contribution in [0.3, 0.4) is 0 Å². The topological polar surface area (TPSA) is 56.1 Å². The Morgan fingerprint density at radius 3 is 2.69 bits per heavy atom. The van der Waals surface area contributed by atoms with E-state index in [1.54, 1.807) is 24.1 Å². The Morgan fingerprint density at radius 1 is 1.27 bits per heavy atom. The number of aromatic nitrogens is 2. The molecule has 0 fully saturated rings. The highest BCUT2D eigenvalue weighted by Crippen LogP contribution is 2.25.